The standard InChI is InChI=1S/C26H27N5OS/c1-17-14-24-28-30(26(33)31(24)23-5-3-2-4-22(17)23)16-29(21-12-13-21)15-18-6-8-19(9-7-18)25(32)27-20-10-11-20/h2-9,14,20-21H,10-13,15-16H2,1H3,(H,27,32). The fourth-order valence-electron chi connectivity index (χ4n) is 4.51. The Balaban J connectivity index is 1.26. The first-order chi connectivity index (χ1) is 16.1. The summed E-state index contributed by atoms with van der Waals surface area (Å²) in [7, 11) is 0. The molecule has 0 aliphatic heterocycles. The Labute approximate surface area is 197 Å². The second-order valence-electron chi connectivity index (χ2n) is 9.38. The maximum atomic E-state index is 12.3. The van der Waals surface area contributed by atoms with Crippen molar-refractivity contribution in [2.75, 3.05) is 0 Å². The van der Waals surface area contributed by atoms with Crippen LogP contribution < -0.4 is 5.32 Å². The van der Waals surface area contributed by atoms with Gasteiger partial charge < -0.3 is 5.32 Å². The predicted octanol–water partition coefficient (Wildman–Crippen LogP) is 4.84. The average molecular weight is 458 g/mol. The summed E-state index contributed by atoms with van der Waals surface area (Å²) in [4.78, 5) is 14.7. The van der Waals surface area contributed by atoms with E-state index in [4.69, 9.17) is 17.3 Å². The Morgan fingerprint density at radius 2 is 1.88 bits per heavy atom. The molecule has 2 fully saturated rings. The molecule has 2 aromatic heterocycles. The van der Waals surface area contributed by atoms with Crippen molar-refractivity contribution in [3.63, 3.8) is 0 Å². The van der Waals surface area contributed by atoms with Gasteiger partial charge in [0.1, 0.15) is 0 Å². The van der Waals surface area contributed by atoms with Crippen molar-refractivity contribution in [2.24, 2.45) is 0 Å². The fraction of sp³-hybridized carbons (Fsp3) is 0.346. The number of nitrogens with zero attached hydrogens (tertiary/aromatic N) is 4. The van der Waals surface area contributed by atoms with Crippen LogP contribution in [0.1, 0.15) is 47.2 Å². The summed E-state index contributed by atoms with van der Waals surface area (Å²) in [6.07, 6.45) is 4.59. The first kappa shape index (κ1) is 20.6. The lowest BCUT2D eigenvalue weighted by Crippen LogP contribution is -2.29. The zero-order valence-electron chi connectivity index (χ0n) is 18.7. The quantitative estimate of drug-likeness (QED) is 0.404. The van der Waals surface area contributed by atoms with E-state index in [-0.39, 0.29) is 5.91 Å². The van der Waals surface area contributed by atoms with Gasteiger partial charge in [-0.15, -0.1) is 0 Å². The molecule has 168 valence electrons. The minimum atomic E-state index is 0.0293. The Morgan fingerprint density at radius 1 is 1.12 bits per heavy atom. The molecule has 2 aliphatic carbocycles. The number of fused-ring (bicyclic) bond motifs is 3. The number of benzene rings is 2. The van der Waals surface area contributed by atoms with Gasteiger partial charge in [0.15, 0.2) is 5.65 Å². The highest BCUT2D eigenvalue weighted by molar-refractivity contribution is 7.71. The van der Waals surface area contributed by atoms with E-state index in [1.807, 2.05) is 22.9 Å². The van der Waals surface area contributed by atoms with Crippen LogP contribution in [0.15, 0.2) is 54.6 Å². The van der Waals surface area contributed by atoms with Crippen LogP contribution in [0, 0.1) is 11.7 Å². The van der Waals surface area contributed by atoms with Crippen molar-refractivity contribution in [2.45, 2.75) is 57.9 Å². The minimum absolute atomic E-state index is 0.0293. The third-order valence-corrected chi connectivity index (χ3v) is 7.07. The summed E-state index contributed by atoms with van der Waals surface area (Å²) >= 11 is 5.87. The van der Waals surface area contributed by atoms with Crippen molar-refractivity contribution in [1.29, 1.82) is 0 Å². The molecule has 0 radical (unpaired) electrons. The Kier molecular flexibility index (Phi) is 5.03. The largest absolute Gasteiger partial charge is 0.349 e. The van der Waals surface area contributed by atoms with Crippen LogP contribution in [0.5, 0.6) is 0 Å². The van der Waals surface area contributed by atoms with Crippen molar-refractivity contribution < 1.29 is 4.79 Å². The lowest BCUT2D eigenvalue weighted by Gasteiger charge is -2.22. The number of rotatable bonds is 7. The van der Waals surface area contributed by atoms with Crippen LogP contribution in [0.25, 0.3) is 16.6 Å². The molecule has 6 rings (SSSR count). The van der Waals surface area contributed by atoms with E-state index in [9.17, 15) is 4.79 Å². The molecule has 2 aromatic carbocycles. The molecule has 0 saturated heterocycles. The minimum Gasteiger partial charge on any atom is -0.349 e. The molecule has 6 nitrogen and oxygen atoms in total. The van der Waals surface area contributed by atoms with Gasteiger partial charge in [-0.2, -0.15) is 5.10 Å². The molecule has 2 aliphatic rings. The van der Waals surface area contributed by atoms with E-state index in [1.54, 1.807) is 0 Å². The second-order valence-corrected chi connectivity index (χ2v) is 9.75. The molecule has 1 N–H and O–H groups in total. The van der Waals surface area contributed by atoms with Crippen LogP contribution in [0.3, 0.4) is 0 Å². The van der Waals surface area contributed by atoms with Gasteiger partial charge in [0.25, 0.3) is 5.91 Å². The van der Waals surface area contributed by atoms with Gasteiger partial charge in [0, 0.05) is 29.6 Å². The second kappa shape index (κ2) is 8.08. The monoisotopic (exact) mass is 457 g/mol. The van der Waals surface area contributed by atoms with Crippen molar-refractivity contribution in [1.82, 2.24) is 24.4 Å². The molecular weight excluding hydrogens is 430 g/mol. The number of aromatic nitrogens is 3. The highest BCUT2D eigenvalue weighted by Gasteiger charge is 2.30. The smallest absolute Gasteiger partial charge is 0.251 e. The summed E-state index contributed by atoms with van der Waals surface area (Å²) in [6, 6.07) is 19.4. The van der Waals surface area contributed by atoms with Crippen molar-refractivity contribution in [3.05, 3.63) is 76.1 Å². The lowest BCUT2D eigenvalue weighted by molar-refractivity contribution is 0.0951. The van der Waals surface area contributed by atoms with Crippen molar-refractivity contribution >= 4 is 34.7 Å². The number of hydrogen-bond donors (Lipinski definition) is 1. The molecule has 2 heterocycles. The first-order valence-corrected chi connectivity index (χ1v) is 12.1. The number of hydrogen-bond acceptors (Lipinski definition) is 4. The highest BCUT2D eigenvalue weighted by atomic mass is 32.1. The number of amides is 1. The number of para-hydroxylation sites is 1. The van der Waals surface area contributed by atoms with Crippen LogP contribution in [-0.2, 0) is 13.2 Å². The van der Waals surface area contributed by atoms with E-state index < -0.39 is 0 Å². The van der Waals surface area contributed by atoms with E-state index in [0.29, 0.717) is 18.8 Å². The average Bonchev–Trinajstić information content (AvgIpc) is 3.74. The Bertz CT molecular complexity index is 1410. The molecule has 33 heavy (non-hydrogen) atoms. The first-order valence-electron chi connectivity index (χ1n) is 11.7. The molecule has 0 unspecified atom stereocenters. The maximum absolute atomic E-state index is 12.3. The van der Waals surface area contributed by atoms with E-state index in [0.717, 1.165) is 40.9 Å². The predicted molar refractivity (Wildman–Crippen MR) is 132 cm³/mol. The number of carbonyl (C=O) groups excluding carboxylic acids is 1. The Morgan fingerprint density at radius 3 is 2.61 bits per heavy atom. The molecule has 7 heteroatoms. The summed E-state index contributed by atoms with van der Waals surface area (Å²) < 4.78 is 4.75. The van der Waals surface area contributed by atoms with Crippen LogP contribution in [-0.4, -0.2) is 37.1 Å². The van der Waals surface area contributed by atoms with Crippen LogP contribution >= 0.6 is 12.2 Å². The molecule has 2 saturated carbocycles. The molecular formula is C26H27N5OS. The lowest BCUT2D eigenvalue weighted by atomic mass is 10.1. The summed E-state index contributed by atoms with van der Waals surface area (Å²) in [5.74, 6) is 0.0293. The molecule has 0 spiro atoms. The maximum Gasteiger partial charge on any atom is 0.251 e. The van der Waals surface area contributed by atoms with Gasteiger partial charge in [0.2, 0.25) is 4.77 Å². The summed E-state index contributed by atoms with van der Waals surface area (Å²) in [6.45, 7) is 3.59. The summed E-state index contributed by atoms with van der Waals surface area (Å²) in [5.41, 5.74) is 5.12. The molecule has 4 aromatic rings. The zero-order valence-corrected chi connectivity index (χ0v) is 19.5. The third kappa shape index (κ3) is 4.07. The van der Waals surface area contributed by atoms with Gasteiger partial charge >= 0.3 is 0 Å². The highest BCUT2D eigenvalue weighted by Crippen LogP contribution is 2.29. The SMILES string of the molecule is Cc1cc2nn(CN(Cc3ccc(C(=O)NC4CC4)cc3)C3CC3)c(=S)n2c2ccccc12. The van der Waals surface area contributed by atoms with Gasteiger partial charge in [0.05, 0.1) is 12.2 Å². The number of nitrogens with one attached hydrogen (secondary N) is 1. The Hall–Kier alpha value is -3.03. The van der Waals surface area contributed by atoms with E-state index in [2.05, 4.69) is 57.9 Å². The zero-order chi connectivity index (χ0) is 22.5. The van der Waals surface area contributed by atoms with Crippen LogP contribution in [0.2, 0.25) is 0 Å². The third-order valence-electron chi connectivity index (χ3n) is 6.67. The summed E-state index contributed by atoms with van der Waals surface area (Å²) in [5, 5.41) is 9.12. The molecule has 1 amide bonds. The van der Waals surface area contributed by atoms with Crippen LogP contribution in [0.4, 0.5) is 0 Å². The normalized spacial score (nSPS) is 16.1. The van der Waals surface area contributed by atoms with Gasteiger partial charge in [-0.3, -0.25) is 14.1 Å². The van der Waals surface area contributed by atoms with E-state index in [1.165, 1.54) is 29.4 Å². The topological polar surface area (TPSA) is 54.6 Å². The van der Waals surface area contributed by atoms with Crippen molar-refractivity contribution in [3.8, 4) is 0 Å². The van der Waals surface area contributed by atoms with E-state index >= 15 is 0 Å². The number of carbonyl (C=O) groups is 1. The van der Waals surface area contributed by atoms with Gasteiger partial charge in [-0.25, -0.2) is 4.68 Å². The van der Waals surface area contributed by atoms with Gasteiger partial charge in [-0.1, -0.05) is 30.3 Å². The number of pyridine rings is 1. The number of aryl methyl sites for hydroxylation is 1. The fourth-order valence-corrected chi connectivity index (χ4v) is 4.80. The molecule has 0 bridgehead atoms. The van der Waals surface area contributed by atoms with Gasteiger partial charge in [-0.05, 0) is 80.2 Å². The molecule has 0 atom stereocenters.